The fourth-order valence-electron chi connectivity index (χ4n) is 5.73. The largest absolute Gasteiger partial charge is 0.490 e. The SMILES string of the molecule is CCOc1cc(C=C2SC(=NC3CCCCC3)N(C3CCCCC3)C2=O)cc(Cl)c1OCc1ccc(C(=O)O)cc1. The Morgan fingerprint density at radius 1 is 1.05 bits per heavy atom. The van der Waals surface area contributed by atoms with E-state index < -0.39 is 5.97 Å². The van der Waals surface area contributed by atoms with Crippen LogP contribution < -0.4 is 9.47 Å². The van der Waals surface area contributed by atoms with Gasteiger partial charge in [-0.3, -0.25) is 14.7 Å². The number of ether oxygens (including phenoxy) is 2. The second kappa shape index (κ2) is 13.8. The molecule has 3 fully saturated rings. The highest BCUT2D eigenvalue weighted by molar-refractivity contribution is 8.18. The molecule has 2 saturated carbocycles. The fourth-order valence-corrected chi connectivity index (χ4v) is 7.11. The topological polar surface area (TPSA) is 88.4 Å². The number of halogens is 1. The number of aromatic carboxylic acids is 1. The summed E-state index contributed by atoms with van der Waals surface area (Å²) in [5, 5.41) is 10.4. The molecule has 9 heteroatoms. The number of hydrogen-bond acceptors (Lipinski definition) is 6. The predicted molar refractivity (Wildman–Crippen MR) is 164 cm³/mol. The van der Waals surface area contributed by atoms with Crippen LogP contribution in [0.2, 0.25) is 5.02 Å². The van der Waals surface area contributed by atoms with Gasteiger partial charge < -0.3 is 14.6 Å². The number of rotatable bonds is 9. The highest BCUT2D eigenvalue weighted by Gasteiger charge is 2.39. The van der Waals surface area contributed by atoms with Crippen LogP contribution in [0.1, 0.15) is 92.6 Å². The Morgan fingerprint density at radius 2 is 1.73 bits per heavy atom. The van der Waals surface area contributed by atoms with Crippen molar-refractivity contribution in [2.75, 3.05) is 6.61 Å². The molecule has 7 nitrogen and oxygen atoms in total. The van der Waals surface area contributed by atoms with Crippen molar-refractivity contribution in [3.05, 3.63) is 63.0 Å². The van der Waals surface area contributed by atoms with Crippen molar-refractivity contribution in [1.29, 1.82) is 0 Å². The minimum atomic E-state index is -0.975. The normalized spacial score (nSPS) is 20.6. The van der Waals surface area contributed by atoms with Crippen LogP contribution in [0.3, 0.4) is 0 Å². The molecule has 1 amide bonds. The quantitative estimate of drug-likeness (QED) is 0.295. The van der Waals surface area contributed by atoms with Gasteiger partial charge in [0.15, 0.2) is 16.7 Å². The summed E-state index contributed by atoms with van der Waals surface area (Å²) in [5.74, 6) is -0.0517. The summed E-state index contributed by atoms with van der Waals surface area (Å²) in [6.45, 7) is 2.51. The molecule has 2 aromatic carbocycles. The first-order chi connectivity index (χ1) is 19.9. The van der Waals surface area contributed by atoms with Crippen LogP contribution in [-0.4, -0.2) is 45.7 Å². The second-order valence-corrected chi connectivity index (χ2v) is 12.3. The number of aliphatic imine (C=N–C) groups is 1. The Bertz CT molecular complexity index is 1310. The molecular formula is C32H37ClN2O5S. The molecular weight excluding hydrogens is 560 g/mol. The fraction of sp³-hybridized carbons (Fsp3) is 0.469. The van der Waals surface area contributed by atoms with E-state index in [4.69, 9.17) is 31.2 Å². The minimum absolute atomic E-state index is 0.0238. The summed E-state index contributed by atoms with van der Waals surface area (Å²) in [4.78, 5) is 32.7. The van der Waals surface area contributed by atoms with Crippen molar-refractivity contribution in [1.82, 2.24) is 4.90 Å². The van der Waals surface area contributed by atoms with Gasteiger partial charge in [0.2, 0.25) is 0 Å². The van der Waals surface area contributed by atoms with Crippen molar-refractivity contribution < 1.29 is 24.2 Å². The minimum Gasteiger partial charge on any atom is -0.490 e. The lowest BCUT2D eigenvalue weighted by Gasteiger charge is -2.31. The summed E-state index contributed by atoms with van der Waals surface area (Å²) < 4.78 is 11.9. The Hall–Kier alpha value is -2.97. The van der Waals surface area contributed by atoms with Gasteiger partial charge in [-0.05, 0) is 85.8 Å². The van der Waals surface area contributed by atoms with Gasteiger partial charge >= 0.3 is 5.97 Å². The highest BCUT2D eigenvalue weighted by Crippen LogP contribution is 2.41. The summed E-state index contributed by atoms with van der Waals surface area (Å²) >= 11 is 8.17. The van der Waals surface area contributed by atoms with Crippen LogP contribution in [0.4, 0.5) is 0 Å². The lowest BCUT2D eigenvalue weighted by molar-refractivity contribution is -0.124. The van der Waals surface area contributed by atoms with Gasteiger partial charge in [-0.15, -0.1) is 0 Å². The third-order valence-electron chi connectivity index (χ3n) is 7.86. The van der Waals surface area contributed by atoms with Crippen molar-refractivity contribution in [3.63, 3.8) is 0 Å². The molecule has 1 saturated heterocycles. The molecule has 1 heterocycles. The molecule has 2 aliphatic carbocycles. The summed E-state index contributed by atoms with van der Waals surface area (Å²) in [6.07, 6.45) is 13.3. The number of amides is 1. The molecule has 0 radical (unpaired) electrons. The third kappa shape index (κ3) is 7.28. The number of carboxylic acid groups (broad SMARTS) is 1. The van der Waals surface area contributed by atoms with Gasteiger partial charge in [-0.25, -0.2) is 4.79 Å². The summed E-state index contributed by atoms with van der Waals surface area (Å²) in [5.41, 5.74) is 1.78. The van der Waals surface area contributed by atoms with Gasteiger partial charge in [-0.1, -0.05) is 62.3 Å². The van der Waals surface area contributed by atoms with E-state index in [1.807, 2.05) is 24.0 Å². The van der Waals surface area contributed by atoms with Crippen molar-refractivity contribution in [2.24, 2.45) is 4.99 Å². The Morgan fingerprint density at radius 3 is 2.39 bits per heavy atom. The van der Waals surface area contributed by atoms with Crippen LogP contribution in [-0.2, 0) is 11.4 Å². The number of carbonyl (C=O) groups is 2. The predicted octanol–water partition coefficient (Wildman–Crippen LogP) is 7.95. The molecule has 1 N–H and O–H groups in total. The van der Waals surface area contributed by atoms with Crippen molar-refractivity contribution in [3.8, 4) is 11.5 Å². The summed E-state index contributed by atoms with van der Waals surface area (Å²) in [6, 6.07) is 10.6. The maximum Gasteiger partial charge on any atom is 0.335 e. The zero-order valence-corrected chi connectivity index (χ0v) is 25.0. The van der Waals surface area contributed by atoms with E-state index >= 15 is 0 Å². The van der Waals surface area contributed by atoms with Gasteiger partial charge in [0.25, 0.3) is 5.91 Å². The number of benzene rings is 2. The first kappa shape index (κ1) is 29.5. The maximum absolute atomic E-state index is 13.8. The smallest absolute Gasteiger partial charge is 0.335 e. The van der Waals surface area contributed by atoms with Gasteiger partial charge in [-0.2, -0.15) is 0 Å². The molecule has 2 aromatic rings. The van der Waals surface area contributed by atoms with Gasteiger partial charge in [0.1, 0.15) is 6.61 Å². The number of carbonyl (C=O) groups excluding carboxylic acids is 1. The Kier molecular flexibility index (Phi) is 9.93. The van der Waals surface area contributed by atoms with Crippen LogP contribution in [0, 0.1) is 0 Å². The molecule has 218 valence electrons. The molecule has 3 aliphatic rings. The molecule has 0 unspecified atom stereocenters. The average Bonchev–Trinajstić information content (AvgIpc) is 3.27. The van der Waals surface area contributed by atoms with Crippen LogP contribution in [0.25, 0.3) is 6.08 Å². The van der Waals surface area contributed by atoms with Crippen molar-refractivity contribution >= 4 is 46.5 Å². The third-order valence-corrected chi connectivity index (χ3v) is 9.14. The summed E-state index contributed by atoms with van der Waals surface area (Å²) in [7, 11) is 0. The lowest BCUT2D eigenvalue weighted by atomic mass is 9.94. The molecule has 1 aliphatic heterocycles. The number of carboxylic acids is 1. The molecule has 41 heavy (non-hydrogen) atoms. The van der Waals surface area contributed by atoms with E-state index in [1.165, 1.54) is 37.4 Å². The number of amidine groups is 1. The molecule has 0 aromatic heterocycles. The molecule has 0 atom stereocenters. The number of hydrogen-bond donors (Lipinski definition) is 1. The number of nitrogens with zero attached hydrogens (tertiary/aromatic N) is 2. The first-order valence-corrected chi connectivity index (χ1v) is 15.8. The number of thioether (sulfide) groups is 1. The van der Waals surface area contributed by atoms with E-state index in [0.29, 0.717) is 34.1 Å². The van der Waals surface area contributed by atoms with E-state index in [2.05, 4.69) is 0 Å². The second-order valence-electron chi connectivity index (χ2n) is 10.8. The van der Waals surface area contributed by atoms with Gasteiger partial charge in [0, 0.05) is 6.04 Å². The Labute approximate surface area is 251 Å². The van der Waals surface area contributed by atoms with Crippen molar-refractivity contribution in [2.45, 2.75) is 89.8 Å². The van der Waals surface area contributed by atoms with Crippen LogP contribution in [0.5, 0.6) is 11.5 Å². The molecule has 0 bridgehead atoms. The zero-order chi connectivity index (χ0) is 28.8. The highest BCUT2D eigenvalue weighted by atomic mass is 35.5. The molecule has 0 spiro atoms. The average molecular weight is 597 g/mol. The standard InChI is InChI=1S/C32H37ClN2O5S/c1-2-39-27-18-22(17-26(33)29(27)40-20-21-13-15-23(16-14-21)31(37)38)19-28-30(36)35(25-11-7-4-8-12-25)32(41-28)34-24-9-5-3-6-10-24/h13-19,24-25H,2-12,20H2,1H3,(H,37,38). The van der Waals surface area contributed by atoms with E-state index in [9.17, 15) is 9.59 Å². The molecule has 5 rings (SSSR count). The van der Waals surface area contributed by atoms with E-state index in [-0.39, 0.29) is 24.1 Å². The van der Waals surface area contributed by atoms with Gasteiger partial charge in [0.05, 0.1) is 28.1 Å². The lowest BCUT2D eigenvalue weighted by Crippen LogP contribution is -2.41. The maximum atomic E-state index is 13.8. The Balaban J connectivity index is 1.39. The van der Waals surface area contributed by atoms with Crippen LogP contribution in [0.15, 0.2) is 46.3 Å². The van der Waals surface area contributed by atoms with Crippen LogP contribution >= 0.6 is 23.4 Å². The van der Waals surface area contributed by atoms with E-state index in [0.717, 1.165) is 54.8 Å². The first-order valence-electron chi connectivity index (χ1n) is 14.6. The monoisotopic (exact) mass is 596 g/mol. The van der Waals surface area contributed by atoms with E-state index in [1.54, 1.807) is 30.3 Å². The zero-order valence-electron chi connectivity index (χ0n) is 23.4.